The quantitative estimate of drug-likeness (QED) is 0.690. The first-order valence-electron chi connectivity index (χ1n) is 8.62. The van der Waals surface area contributed by atoms with E-state index in [-0.39, 0.29) is 36.3 Å². The van der Waals surface area contributed by atoms with Gasteiger partial charge in [0, 0.05) is 31.1 Å². The van der Waals surface area contributed by atoms with Crippen LogP contribution in [0.4, 0.5) is 4.39 Å². The van der Waals surface area contributed by atoms with Crippen molar-refractivity contribution in [3.8, 4) is 0 Å². The Kier molecular flexibility index (Phi) is 6.51. The van der Waals surface area contributed by atoms with E-state index >= 15 is 0 Å². The van der Waals surface area contributed by atoms with E-state index in [9.17, 15) is 17.6 Å². The number of benzene rings is 2. The standard InChI is InChI=1S/C19H21FN2O3S2/c20-17-8-4-5-9-18(17)26-14-19(23)21-10-12-22(13-11-21)27(24,25)15-16-6-2-1-3-7-16/h1-9H,10-15H2. The summed E-state index contributed by atoms with van der Waals surface area (Å²) < 4.78 is 40.2. The van der Waals surface area contributed by atoms with Crippen LogP contribution in [0, 0.1) is 5.82 Å². The Labute approximate surface area is 163 Å². The van der Waals surface area contributed by atoms with E-state index in [1.54, 1.807) is 35.2 Å². The van der Waals surface area contributed by atoms with Crippen LogP contribution in [0.1, 0.15) is 5.56 Å². The summed E-state index contributed by atoms with van der Waals surface area (Å²) in [6.45, 7) is 1.27. The van der Waals surface area contributed by atoms with E-state index in [4.69, 9.17) is 0 Å². The molecule has 0 N–H and O–H groups in total. The lowest BCUT2D eigenvalue weighted by Crippen LogP contribution is -2.51. The molecule has 2 aromatic rings. The maximum Gasteiger partial charge on any atom is 0.233 e. The summed E-state index contributed by atoms with van der Waals surface area (Å²) in [7, 11) is -3.41. The zero-order valence-corrected chi connectivity index (χ0v) is 16.4. The number of carbonyl (C=O) groups excluding carboxylic acids is 1. The number of hydrogen-bond acceptors (Lipinski definition) is 4. The van der Waals surface area contributed by atoms with Gasteiger partial charge >= 0.3 is 0 Å². The summed E-state index contributed by atoms with van der Waals surface area (Å²) in [6, 6.07) is 15.4. The SMILES string of the molecule is O=C(CSc1ccccc1F)N1CCN(S(=O)(=O)Cc2ccccc2)CC1. The van der Waals surface area contributed by atoms with E-state index in [1.807, 2.05) is 18.2 Å². The number of carbonyl (C=O) groups is 1. The van der Waals surface area contributed by atoms with Gasteiger partial charge in [0.25, 0.3) is 0 Å². The predicted octanol–water partition coefficient (Wildman–Crippen LogP) is 2.59. The summed E-state index contributed by atoms with van der Waals surface area (Å²) in [5.74, 6) is -0.349. The highest BCUT2D eigenvalue weighted by molar-refractivity contribution is 8.00. The van der Waals surface area contributed by atoms with Gasteiger partial charge in [-0.05, 0) is 17.7 Å². The van der Waals surface area contributed by atoms with Gasteiger partial charge in [0.05, 0.1) is 11.5 Å². The van der Waals surface area contributed by atoms with Crippen molar-refractivity contribution in [3.05, 3.63) is 66.0 Å². The van der Waals surface area contributed by atoms with E-state index in [0.29, 0.717) is 18.0 Å². The van der Waals surface area contributed by atoms with Gasteiger partial charge in [-0.25, -0.2) is 12.8 Å². The molecule has 1 saturated heterocycles. The first-order chi connectivity index (χ1) is 13.0. The van der Waals surface area contributed by atoms with Crippen molar-refractivity contribution >= 4 is 27.7 Å². The molecule has 1 aliphatic rings. The average molecular weight is 409 g/mol. The Balaban J connectivity index is 1.50. The maximum atomic E-state index is 13.6. The number of piperazine rings is 1. The molecule has 0 saturated carbocycles. The lowest BCUT2D eigenvalue weighted by molar-refractivity contribution is -0.129. The molecule has 0 radical (unpaired) electrons. The monoisotopic (exact) mass is 408 g/mol. The molecule has 0 aliphatic carbocycles. The molecular weight excluding hydrogens is 387 g/mol. The Morgan fingerprint density at radius 2 is 1.59 bits per heavy atom. The van der Waals surface area contributed by atoms with Crippen LogP contribution in [0.15, 0.2) is 59.5 Å². The predicted molar refractivity (Wildman–Crippen MR) is 104 cm³/mol. The second-order valence-corrected chi connectivity index (χ2v) is 9.23. The van der Waals surface area contributed by atoms with Crippen molar-refractivity contribution in [2.45, 2.75) is 10.6 Å². The molecule has 0 aromatic heterocycles. The van der Waals surface area contributed by atoms with Crippen molar-refractivity contribution in [2.24, 2.45) is 0 Å². The van der Waals surface area contributed by atoms with Gasteiger partial charge in [0.2, 0.25) is 15.9 Å². The van der Waals surface area contributed by atoms with Crippen LogP contribution in [0.25, 0.3) is 0 Å². The molecule has 1 amide bonds. The summed E-state index contributed by atoms with van der Waals surface area (Å²) in [5, 5.41) is 0. The molecular formula is C19H21FN2O3S2. The van der Waals surface area contributed by atoms with Crippen molar-refractivity contribution in [1.29, 1.82) is 0 Å². The third-order valence-electron chi connectivity index (χ3n) is 4.36. The van der Waals surface area contributed by atoms with Crippen LogP contribution in [-0.2, 0) is 20.6 Å². The first-order valence-corrected chi connectivity index (χ1v) is 11.2. The second kappa shape index (κ2) is 8.86. The molecule has 1 heterocycles. The van der Waals surface area contributed by atoms with Gasteiger partial charge in [0.1, 0.15) is 5.82 Å². The van der Waals surface area contributed by atoms with E-state index in [0.717, 1.165) is 17.3 Å². The lowest BCUT2D eigenvalue weighted by atomic mass is 10.2. The molecule has 1 fully saturated rings. The maximum absolute atomic E-state index is 13.6. The normalized spacial score (nSPS) is 15.7. The summed E-state index contributed by atoms with van der Waals surface area (Å²) in [6.07, 6.45) is 0. The third-order valence-corrected chi connectivity index (χ3v) is 7.25. The van der Waals surface area contributed by atoms with Gasteiger partial charge < -0.3 is 4.90 Å². The van der Waals surface area contributed by atoms with Crippen molar-refractivity contribution in [2.75, 3.05) is 31.9 Å². The molecule has 144 valence electrons. The molecule has 2 aromatic carbocycles. The number of nitrogens with zero attached hydrogens (tertiary/aromatic N) is 2. The van der Waals surface area contributed by atoms with Crippen LogP contribution in [0.5, 0.6) is 0 Å². The molecule has 0 spiro atoms. The van der Waals surface area contributed by atoms with Crippen molar-refractivity contribution < 1.29 is 17.6 Å². The number of hydrogen-bond donors (Lipinski definition) is 0. The number of sulfonamides is 1. The van der Waals surface area contributed by atoms with E-state index in [1.165, 1.54) is 10.4 Å². The largest absolute Gasteiger partial charge is 0.339 e. The van der Waals surface area contributed by atoms with Crippen LogP contribution < -0.4 is 0 Å². The zero-order chi connectivity index (χ0) is 19.3. The molecule has 8 heteroatoms. The molecule has 0 unspecified atom stereocenters. The summed E-state index contributed by atoms with van der Waals surface area (Å²) in [5.41, 5.74) is 0.747. The lowest BCUT2D eigenvalue weighted by Gasteiger charge is -2.34. The van der Waals surface area contributed by atoms with Crippen molar-refractivity contribution in [3.63, 3.8) is 0 Å². The van der Waals surface area contributed by atoms with Crippen LogP contribution in [0.3, 0.4) is 0 Å². The molecule has 27 heavy (non-hydrogen) atoms. The summed E-state index contributed by atoms with van der Waals surface area (Å²) >= 11 is 1.16. The number of amides is 1. The number of thioether (sulfide) groups is 1. The van der Waals surface area contributed by atoms with Crippen LogP contribution >= 0.6 is 11.8 Å². The average Bonchev–Trinajstić information content (AvgIpc) is 2.68. The van der Waals surface area contributed by atoms with Gasteiger partial charge in [-0.1, -0.05) is 42.5 Å². The van der Waals surface area contributed by atoms with Gasteiger partial charge in [-0.3, -0.25) is 4.79 Å². The smallest absolute Gasteiger partial charge is 0.233 e. The fourth-order valence-corrected chi connectivity index (χ4v) is 5.24. The van der Waals surface area contributed by atoms with E-state index < -0.39 is 10.0 Å². The highest BCUT2D eigenvalue weighted by Crippen LogP contribution is 2.22. The topological polar surface area (TPSA) is 57.7 Å². The Morgan fingerprint density at radius 3 is 2.26 bits per heavy atom. The highest BCUT2D eigenvalue weighted by atomic mass is 32.2. The molecule has 3 rings (SSSR count). The first kappa shape index (κ1) is 19.9. The molecule has 0 atom stereocenters. The number of rotatable bonds is 6. The molecule has 5 nitrogen and oxygen atoms in total. The number of halogens is 1. The Bertz CT molecular complexity index is 883. The summed E-state index contributed by atoms with van der Waals surface area (Å²) in [4.78, 5) is 14.4. The van der Waals surface area contributed by atoms with E-state index in [2.05, 4.69) is 0 Å². The molecule has 1 aliphatic heterocycles. The van der Waals surface area contributed by atoms with Gasteiger partial charge in [-0.2, -0.15) is 4.31 Å². The fourth-order valence-electron chi connectivity index (χ4n) is 2.88. The zero-order valence-electron chi connectivity index (χ0n) is 14.8. The minimum atomic E-state index is -3.41. The van der Waals surface area contributed by atoms with Gasteiger partial charge in [-0.15, -0.1) is 11.8 Å². The second-order valence-electron chi connectivity index (χ2n) is 6.24. The Morgan fingerprint density at radius 1 is 0.963 bits per heavy atom. The minimum Gasteiger partial charge on any atom is -0.339 e. The van der Waals surface area contributed by atoms with Crippen LogP contribution in [-0.4, -0.2) is 55.5 Å². The molecule has 0 bridgehead atoms. The van der Waals surface area contributed by atoms with Gasteiger partial charge in [0.15, 0.2) is 0 Å². The highest BCUT2D eigenvalue weighted by Gasteiger charge is 2.28. The minimum absolute atomic E-state index is 0.0368. The Hall–Kier alpha value is -1.90. The fraction of sp³-hybridized carbons (Fsp3) is 0.316. The third kappa shape index (κ3) is 5.31. The van der Waals surface area contributed by atoms with Crippen molar-refractivity contribution in [1.82, 2.24) is 9.21 Å². The van der Waals surface area contributed by atoms with Crippen LogP contribution in [0.2, 0.25) is 0 Å².